The van der Waals surface area contributed by atoms with E-state index in [-0.39, 0.29) is 18.7 Å². The molecule has 140 valence electrons. The number of carbonyl (C=O) groups excluding carboxylic acids is 1. The van der Waals surface area contributed by atoms with E-state index in [1.54, 1.807) is 5.01 Å². The molecule has 0 N–H and O–H groups in total. The van der Waals surface area contributed by atoms with Gasteiger partial charge in [-0.25, -0.2) is 5.01 Å². The fourth-order valence-corrected chi connectivity index (χ4v) is 3.34. The number of hydrogen-bond donors (Lipinski definition) is 0. The predicted octanol–water partition coefficient (Wildman–Crippen LogP) is 3.04. The number of nitrogens with zero attached hydrogens (tertiary/aromatic N) is 3. The van der Waals surface area contributed by atoms with Gasteiger partial charge in [-0.1, -0.05) is 43.3 Å². The van der Waals surface area contributed by atoms with Crippen LogP contribution in [0.3, 0.4) is 0 Å². The molecule has 0 saturated heterocycles. The largest absolute Gasteiger partial charge is 0.454 e. The Labute approximate surface area is 159 Å². The molecule has 1 amide bonds. The fourth-order valence-electron chi connectivity index (χ4n) is 3.34. The van der Waals surface area contributed by atoms with Crippen molar-refractivity contribution in [2.75, 3.05) is 26.9 Å². The maximum absolute atomic E-state index is 12.9. The van der Waals surface area contributed by atoms with Crippen LogP contribution in [0.2, 0.25) is 0 Å². The Morgan fingerprint density at radius 1 is 1.19 bits per heavy atom. The maximum Gasteiger partial charge on any atom is 0.257 e. The van der Waals surface area contributed by atoms with Crippen LogP contribution >= 0.6 is 0 Å². The summed E-state index contributed by atoms with van der Waals surface area (Å²) < 4.78 is 10.9. The molecule has 1 unspecified atom stereocenters. The van der Waals surface area contributed by atoms with E-state index in [0.717, 1.165) is 34.9 Å². The van der Waals surface area contributed by atoms with Crippen LogP contribution in [-0.2, 0) is 4.79 Å². The molecule has 1 atom stereocenters. The molecule has 0 fully saturated rings. The van der Waals surface area contributed by atoms with Gasteiger partial charge in [0.05, 0.1) is 18.3 Å². The first-order chi connectivity index (χ1) is 13.2. The van der Waals surface area contributed by atoms with E-state index in [0.29, 0.717) is 13.0 Å². The molecule has 0 aliphatic carbocycles. The molecule has 0 spiro atoms. The first-order valence-electron chi connectivity index (χ1n) is 9.18. The van der Waals surface area contributed by atoms with Gasteiger partial charge in [0.15, 0.2) is 11.5 Å². The van der Waals surface area contributed by atoms with Crippen LogP contribution in [0.1, 0.15) is 30.5 Å². The van der Waals surface area contributed by atoms with Crippen molar-refractivity contribution >= 4 is 11.6 Å². The normalized spacial score (nSPS) is 18.1. The summed E-state index contributed by atoms with van der Waals surface area (Å²) in [7, 11) is 1.94. The lowest BCUT2D eigenvalue weighted by atomic mass is 9.98. The van der Waals surface area contributed by atoms with Gasteiger partial charge in [-0.05, 0) is 36.9 Å². The third-order valence-electron chi connectivity index (χ3n) is 5.00. The number of hydrogen-bond acceptors (Lipinski definition) is 5. The molecule has 2 aromatic carbocycles. The minimum atomic E-state index is -0.146. The third-order valence-corrected chi connectivity index (χ3v) is 5.00. The molecule has 6 nitrogen and oxygen atoms in total. The molecule has 2 aromatic rings. The summed E-state index contributed by atoms with van der Waals surface area (Å²) in [5, 5.41) is 6.33. The Hall–Kier alpha value is -2.86. The summed E-state index contributed by atoms with van der Waals surface area (Å²) in [4.78, 5) is 14.9. The molecule has 4 rings (SSSR count). The van der Waals surface area contributed by atoms with Crippen LogP contribution < -0.4 is 9.47 Å². The van der Waals surface area contributed by atoms with Crippen LogP contribution in [0, 0.1) is 0 Å². The second-order valence-corrected chi connectivity index (χ2v) is 6.81. The molecule has 6 heteroatoms. The lowest BCUT2D eigenvalue weighted by Gasteiger charge is -2.24. The van der Waals surface area contributed by atoms with Crippen LogP contribution in [0.5, 0.6) is 11.5 Å². The van der Waals surface area contributed by atoms with E-state index in [1.165, 1.54) is 0 Å². The Balaban J connectivity index is 1.65. The SMILES string of the molecule is CCN(C)CC(=O)N1N=C(c2ccccc2)CC1c1ccc2c(c1)OCO2. The number of amides is 1. The predicted molar refractivity (Wildman–Crippen MR) is 103 cm³/mol. The van der Waals surface area contributed by atoms with Gasteiger partial charge in [0.25, 0.3) is 5.91 Å². The van der Waals surface area contributed by atoms with Gasteiger partial charge >= 0.3 is 0 Å². The quantitative estimate of drug-likeness (QED) is 0.817. The average Bonchev–Trinajstić information content (AvgIpc) is 3.35. The second kappa shape index (κ2) is 7.40. The summed E-state index contributed by atoms with van der Waals surface area (Å²) in [6.45, 7) is 3.41. The molecule has 0 saturated carbocycles. The Morgan fingerprint density at radius 2 is 1.96 bits per heavy atom. The smallest absolute Gasteiger partial charge is 0.257 e. The number of hydrazone groups is 1. The van der Waals surface area contributed by atoms with E-state index in [4.69, 9.17) is 14.6 Å². The third kappa shape index (κ3) is 3.53. The minimum absolute atomic E-state index is 0.00653. The second-order valence-electron chi connectivity index (χ2n) is 6.81. The van der Waals surface area contributed by atoms with Crippen LogP contribution in [-0.4, -0.2) is 48.5 Å². The van der Waals surface area contributed by atoms with Crippen molar-refractivity contribution in [1.29, 1.82) is 0 Å². The van der Waals surface area contributed by atoms with E-state index < -0.39 is 0 Å². The average molecular weight is 365 g/mol. The van der Waals surface area contributed by atoms with Gasteiger partial charge in [0, 0.05) is 6.42 Å². The van der Waals surface area contributed by atoms with Crippen molar-refractivity contribution in [3.63, 3.8) is 0 Å². The molecular formula is C21H23N3O3. The summed E-state index contributed by atoms with van der Waals surface area (Å²) in [5.74, 6) is 1.45. The van der Waals surface area contributed by atoms with Crippen LogP contribution in [0.25, 0.3) is 0 Å². The van der Waals surface area contributed by atoms with Gasteiger partial charge in [0.2, 0.25) is 6.79 Å². The van der Waals surface area contributed by atoms with Crippen molar-refractivity contribution < 1.29 is 14.3 Å². The molecule has 0 aromatic heterocycles. The van der Waals surface area contributed by atoms with E-state index >= 15 is 0 Å². The Kier molecular flexibility index (Phi) is 4.81. The highest BCUT2D eigenvalue weighted by Gasteiger charge is 2.34. The van der Waals surface area contributed by atoms with Crippen LogP contribution in [0.15, 0.2) is 53.6 Å². The van der Waals surface area contributed by atoms with Crippen molar-refractivity contribution in [3.8, 4) is 11.5 Å². The van der Waals surface area contributed by atoms with Crippen molar-refractivity contribution in [2.24, 2.45) is 5.10 Å². The van der Waals surface area contributed by atoms with Gasteiger partial charge in [-0.2, -0.15) is 5.10 Å². The lowest BCUT2D eigenvalue weighted by Crippen LogP contribution is -2.36. The molecule has 2 aliphatic heterocycles. The highest BCUT2D eigenvalue weighted by atomic mass is 16.7. The first-order valence-corrected chi connectivity index (χ1v) is 9.18. The number of carbonyl (C=O) groups is 1. The number of rotatable bonds is 5. The van der Waals surface area contributed by atoms with E-state index in [2.05, 4.69) is 0 Å². The minimum Gasteiger partial charge on any atom is -0.454 e. The number of ether oxygens (including phenoxy) is 2. The van der Waals surface area contributed by atoms with Crippen LogP contribution in [0.4, 0.5) is 0 Å². The van der Waals surface area contributed by atoms with Gasteiger partial charge in [-0.15, -0.1) is 0 Å². The molecule has 0 radical (unpaired) electrons. The monoisotopic (exact) mass is 365 g/mol. The summed E-state index contributed by atoms with van der Waals surface area (Å²) in [6.07, 6.45) is 0.672. The number of fused-ring (bicyclic) bond motifs is 1. The maximum atomic E-state index is 12.9. The van der Waals surface area contributed by atoms with Crippen molar-refractivity contribution in [2.45, 2.75) is 19.4 Å². The Morgan fingerprint density at radius 3 is 2.74 bits per heavy atom. The lowest BCUT2D eigenvalue weighted by molar-refractivity contribution is -0.133. The summed E-state index contributed by atoms with van der Waals surface area (Å²) >= 11 is 0. The zero-order chi connectivity index (χ0) is 18.8. The fraction of sp³-hybridized carbons (Fsp3) is 0.333. The molecule has 27 heavy (non-hydrogen) atoms. The van der Waals surface area contributed by atoms with Gasteiger partial charge in [-0.3, -0.25) is 9.69 Å². The summed E-state index contributed by atoms with van der Waals surface area (Å²) in [5.41, 5.74) is 2.97. The number of benzene rings is 2. The van der Waals surface area contributed by atoms with Gasteiger partial charge < -0.3 is 9.47 Å². The van der Waals surface area contributed by atoms with E-state index in [9.17, 15) is 4.79 Å². The van der Waals surface area contributed by atoms with Crippen molar-refractivity contribution in [1.82, 2.24) is 9.91 Å². The highest BCUT2D eigenvalue weighted by Crippen LogP contribution is 2.39. The molecule has 2 heterocycles. The standard InChI is InChI=1S/C21H23N3O3/c1-3-23(2)13-21(25)24-18(12-17(22-24)15-7-5-4-6-8-15)16-9-10-19-20(11-16)27-14-26-19/h4-11,18H,3,12-14H2,1-2H3. The molecule has 2 aliphatic rings. The topological polar surface area (TPSA) is 54.4 Å². The first kappa shape index (κ1) is 17.5. The highest BCUT2D eigenvalue weighted by molar-refractivity contribution is 6.03. The summed E-state index contributed by atoms with van der Waals surface area (Å²) in [6, 6.07) is 15.7. The molecule has 0 bridgehead atoms. The molecular weight excluding hydrogens is 342 g/mol. The van der Waals surface area contributed by atoms with Gasteiger partial charge in [0.1, 0.15) is 0 Å². The zero-order valence-electron chi connectivity index (χ0n) is 15.6. The Bertz CT molecular complexity index is 866. The number of likely N-dealkylation sites (N-methyl/N-ethyl adjacent to an activating group) is 1. The van der Waals surface area contributed by atoms with E-state index in [1.807, 2.05) is 67.4 Å². The van der Waals surface area contributed by atoms with Crippen molar-refractivity contribution in [3.05, 3.63) is 59.7 Å². The zero-order valence-corrected chi connectivity index (χ0v) is 15.6.